The van der Waals surface area contributed by atoms with Crippen LogP contribution in [0.4, 0.5) is 11.4 Å². The molecule has 0 amide bonds. The Balaban J connectivity index is 2.51. The van der Waals surface area contributed by atoms with E-state index in [4.69, 9.17) is 14.4 Å². The van der Waals surface area contributed by atoms with E-state index >= 15 is 0 Å². The Bertz CT molecular complexity index is 529. The fraction of sp³-hybridized carbons (Fsp3) is 0.333. The van der Waals surface area contributed by atoms with Gasteiger partial charge in [0.2, 0.25) is 0 Å². The Kier molecular flexibility index (Phi) is 3.89. The number of nitrogens with zero attached hydrogens (tertiary/aromatic N) is 1. The van der Waals surface area contributed by atoms with Crippen molar-refractivity contribution in [3.05, 3.63) is 23.8 Å². The summed E-state index contributed by atoms with van der Waals surface area (Å²) in [5.41, 5.74) is 3.73. The number of nitrogens with one attached hydrogen (secondary N) is 1. The van der Waals surface area contributed by atoms with Crippen LogP contribution in [0.3, 0.4) is 0 Å². The highest BCUT2D eigenvalue weighted by Gasteiger charge is 2.52. The number of anilines is 2. The van der Waals surface area contributed by atoms with Crippen LogP contribution in [0.15, 0.2) is 18.2 Å². The molecule has 0 saturated heterocycles. The highest BCUT2D eigenvalue weighted by molar-refractivity contribution is 5.93. The van der Waals surface area contributed by atoms with Gasteiger partial charge in [-0.1, -0.05) is 6.07 Å². The molecule has 1 aliphatic heterocycles. The van der Waals surface area contributed by atoms with Gasteiger partial charge in [-0.3, -0.25) is 4.79 Å². The molecule has 1 aliphatic rings. The summed E-state index contributed by atoms with van der Waals surface area (Å²) in [5.74, 6) is -2.73. The van der Waals surface area contributed by atoms with E-state index in [9.17, 15) is 9.59 Å². The molecule has 20 heavy (non-hydrogen) atoms. The predicted molar refractivity (Wildman–Crippen MR) is 67.8 cm³/mol. The second kappa shape index (κ2) is 5.45. The van der Waals surface area contributed by atoms with Crippen molar-refractivity contribution in [2.75, 3.05) is 31.9 Å². The minimum atomic E-state index is -1.92. The topological polar surface area (TPSA) is 86.3 Å². The molecule has 0 spiro atoms. The lowest BCUT2D eigenvalue weighted by Crippen LogP contribution is -2.57. The van der Waals surface area contributed by atoms with Gasteiger partial charge in [0, 0.05) is 19.8 Å². The maximum absolute atomic E-state index is 12.0. The molecular weight excluding hydrogens is 268 g/mol. The van der Waals surface area contributed by atoms with Gasteiger partial charge in [-0.2, -0.15) is 10.0 Å². The first-order chi connectivity index (χ1) is 9.64. The fourth-order valence-electron chi connectivity index (χ4n) is 1.92. The molecule has 8 heteroatoms. The zero-order chi connectivity index (χ0) is 14.8. The smallest absolute Gasteiger partial charge is 0.392 e. The monoisotopic (exact) mass is 282 g/mol. The number of methoxy groups -OCH3 is 3. The Labute approximate surface area is 115 Å². The number of carbonyl (C=O) groups excluding carboxylic acids is 2. The van der Waals surface area contributed by atoms with Crippen LogP contribution >= 0.6 is 0 Å². The lowest BCUT2D eigenvalue weighted by atomic mass is 10.1. The summed E-state index contributed by atoms with van der Waals surface area (Å²) in [7, 11) is 3.73. The molecule has 1 aromatic rings. The Morgan fingerprint density at radius 3 is 2.60 bits per heavy atom. The summed E-state index contributed by atoms with van der Waals surface area (Å²) in [6.45, 7) is 0. The number of hydroxylamine groups is 1. The van der Waals surface area contributed by atoms with Crippen molar-refractivity contribution in [1.82, 2.24) is 0 Å². The van der Waals surface area contributed by atoms with Gasteiger partial charge in [-0.15, -0.1) is 0 Å². The van der Waals surface area contributed by atoms with Gasteiger partial charge in [0.25, 0.3) is 0 Å². The number of carbonyl (C=O) groups is 2. The third-order valence-electron chi connectivity index (χ3n) is 2.92. The summed E-state index contributed by atoms with van der Waals surface area (Å²) in [6.07, 6.45) is 0.665. The number of esters is 1. The third-order valence-corrected chi connectivity index (χ3v) is 2.92. The van der Waals surface area contributed by atoms with Crippen LogP contribution in [0.25, 0.3) is 0 Å². The Hall–Kier alpha value is -2.16. The third kappa shape index (κ3) is 1.90. The van der Waals surface area contributed by atoms with Crippen molar-refractivity contribution < 1.29 is 28.7 Å². The van der Waals surface area contributed by atoms with Crippen molar-refractivity contribution in [2.24, 2.45) is 0 Å². The summed E-state index contributed by atoms with van der Waals surface area (Å²) < 4.78 is 14.9. The summed E-state index contributed by atoms with van der Waals surface area (Å²) in [5, 5.41) is 1.06. The molecule has 1 aromatic carbocycles. The van der Waals surface area contributed by atoms with E-state index in [1.165, 1.54) is 21.3 Å². The SMILES string of the molecule is COC(=O)C(OC)(OC)N1ONc2c(C=O)cccc21. The summed E-state index contributed by atoms with van der Waals surface area (Å²) in [4.78, 5) is 28.1. The molecule has 1 N–H and O–H groups in total. The Morgan fingerprint density at radius 1 is 1.35 bits per heavy atom. The van der Waals surface area contributed by atoms with Crippen molar-refractivity contribution in [1.29, 1.82) is 0 Å². The number of fused-ring (bicyclic) bond motifs is 1. The Morgan fingerprint density at radius 2 is 2.05 bits per heavy atom. The normalized spacial score (nSPS) is 13.7. The number of hydrogen-bond acceptors (Lipinski definition) is 8. The summed E-state index contributed by atoms with van der Waals surface area (Å²) >= 11 is 0. The van der Waals surface area contributed by atoms with Crippen molar-refractivity contribution in [3.63, 3.8) is 0 Å². The van der Waals surface area contributed by atoms with Gasteiger partial charge in [-0.25, -0.2) is 10.3 Å². The van der Waals surface area contributed by atoms with Gasteiger partial charge < -0.3 is 14.2 Å². The van der Waals surface area contributed by atoms with E-state index in [1.807, 2.05) is 0 Å². The van der Waals surface area contributed by atoms with Gasteiger partial charge in [0.05, 0.1) is 18.5 Å². The highest BCUT2D eigenvalue weighted by Crippen LogP contribution is 2.39. The van der Waals surface area contributed by atoms with Crippen LogP contribution in [0, 0.1) is 0 Å². The molecule has 2 rings (SSSR count). The first-order valence-corrected chi connectivity index (χ1v) is 5.64. The van der Waals surface area contributed by atoms with E-state index in [-0.39, 0.29) is 0 Å². The van der Waals surface area contributed by atoms with Crippen LogP contribution in [-0.2, 0) is 23.9 Å². The van der Waals surface area contributed by atoms with Gasteiger partial charge in [-0.05, 0) is 12.1 Å². The van der Waals surface area contributed by atoms with Gasteiger partial charge >= 0.3 is 11.9 Å². The van der Waals surface area contributed by atoms with E-state index in [0.717, 1.165) is 5.06 Å². The van der Waals surface area contributed by atoms with E-state index in [2.05, 4.69) is 10.2 Å². The molecular formula is C12H14N2O6. The average Bonchev–Trinajstić information content (AvgIpc) is 2.93. The largest absolute Gasteiger partial charge is 0.463 e. The first-order valence-electron chi connectivity index (χ1n) is 5.64. The molecule has 0 bridgehead atoms. The molecule has 0 aromatic heterocycles. The molecule has 0 aliphatic carbocycles. The van der Waals surface area contributed by atoms with E-state index < -0.39 is 11.9 Å². The van der Waals surface area contributed by atoms with E-state index in [1.54, 1.807) is 18.2 Å². The average molecular weight is 282 g/mol. The number of benzene rings is 1. The van der Waals surface area contributed by atoms with Crippen LogP contribution < -0.4 is 10.5 Å². The summed E-state index contributed by atoms with van der Waals surface area (Å²) in [6, 6.07) is 4.88. The molecule has 108 valence electrons. The molecule has 0 fully saturated rings. The number of ether oxygens (including phenoxy) is 3. The van der Waals surface area contributed by atoms with Crippen LogP contribution in [0.5, 0.6) is 0 Å². The minimum Gasteiger partial charge on any atom is -0.463 e. The number of hydrogen-bond donors (Lipinski definition) is 1. The van der Waals surface area contributed by atoms with Crippen LogP contribution in [0.1, 0.15) is 10.4 Å². The second-order valence-corrected chi connectivity index (χ2v) is 3.83. The highest BCUT2D eigenvalue weighted by atomic mass is 16.9. The molecule has 0 atom stereocenters. The lowest BCUT2D eigenvalue weighted by molar-refractivity contribution is -0.249. The van der Waals surface area contributed by atoms with Crippen LogP contribution in [-0.4, -0.2) is 39.5 Å². The molecule has 0 unspecified atom stereocenters. The van der Waals surface area contributed by atoms with E-state index in [0.29, 0.717) is 23.2 Å². The van der Waals surface area contributed by atoms with Crippen molar-refractivity contribution in [3.8, 4) is 0 Å². The number of rotatable bonds is 5. The number of aldehydes is 1. The first kappa shape index (κ1) is 14.3. The maximum atomic E-state index is 12.0. The zero-order valence-corrected chi connectivity index (χ0v) is 11.2. The quantitative estimate of drug-likeness (QED) is 0.480. The molecule has 1 heterocycles. The van der Waals surface area contributed by atoms with Gasteiger partial charge in [0.15, 0.2) is 6.29 Å². The molecule has 0 saturated carbocycles. The van der Waals surface area contributed by atoms with Crippen molar-refractivity contribution in [2.45, 2.75) is 5.91 Å². The molecule has 8 nitrogen and oxygen atoms in total. The second-order valence-electron chi connectivity index (χ2n) is 3.83. The predicted octanol–water partition coefficient (Wildman–Crippen LogP) is 0.697. The fourth-order valence-corrected chi connectivity index (χ4v) is 1.92. The lowest BCUT2D eigenvalue weighted by Gasteiger charge is -2.34. The minimum absolute atomic E-state index is 0.371. The zero-order valence-electron chi connectivity index (χ0n) is 11.2. The van der Waals surface area contributed by atoms with Crippen molar-refractivity contribution >= 4 is 23.6 Å². The number of para-hydroxylation sites is 1. The maximum Gasteiger partial charge on any atom is 0.392 e. The molecule has 0 radical (unpaired) electrons. The standard InChI is InChI=1S/C12H14N2O6/c1-17-11(16)12(18-2,19-3)14-9-6-4-5-8(7-15)10(9)13-20-14/h4-7,13H,1-3H3. The van der Waals surface area contributed by atoms with Gasteiger partial charge in [0.1, 0.15) is 0 Å². The van der Waals surface area contributed by atoms with Crippen LogP contribution in [0.2, 0.25) is 0 Å².